The zero-order chi connectivity index (χ0) is 27.3. The van der Waals surface area contributed by atoms with E-state index in [9.17, 15) is 24.6 Å². The van der Waals surface area contributed by atoms with Gasteiger partial charge in [-0.2, -0.15) is 0 Å². The number of hydrogen-bond donors (Lipinski definition) is 5. The molecule has 9 heteroatoms. The maximum Gasteiger partial charge on any atom is 0.331 e. The summed E-state index contributed by atoms with van der Waals surface area (Å²) in [6.07, 6.45) is 7.70. The third-order valence-corrected chi connectivity index (χ3v) is 11.5. The fraction of sp³-hybridized carbons (Fsp3) is 0.828. The topological polar surface area (TPSA) is 145 Å². The first kappa shape index (κ1) is 27.6. The number of fused-ring (bicyclic) bond motifs is 5. The summed E-state index contributed by atoms with van der Waals surface area (Å²) in [4.78, 5) is 36.1. The summed E-state index contributed by atoms with van der Waals surface area (Å²) >= 11 is 0. The largest absolute Gasteiger partial charge is 0.458 e. The Balaban J connectivity index is 1.25. The van der Waals surface area contributed by atoms with Crippen LogP contribution in [0.15, 0.2) is 11.6 Å². The van der Waals surface area contributed by atoms with Gasteiger partial charge < -0.3 is 30.7 Å². The van der Waals surface area contributed by atoms with E-state index in [1.54, 1.807) is 6.08 Å². The SMILES string of the molecule is C[C@]12CCC(NC(=O)CCC(=O)NCCO)C[C@H]1CC[C@@H]1[C@@H]2C[C@@H](O)[C@]2(C)[C@@H](C3=CC(=O)OC3)CC[C@]12O. The van der Waals surface area contributed by atoms with Crippen LogP contribution in [0.5, 0.6) is 0 Å². The zero-order valence-electron chi connectivity index (χ0n) is 22.7. The van der Waals surface area contributed by atoms with Gasteiger partial charge in [-0.25, -0.2) is 4.79 Å². The van der Waals surface area contributed by atoms with Gasteiger partial charge in [0.15, 0.2) is 0 Å². The van der Waals surface area contributed by atoms with Crippen molar-refractivity contribution in [1.82, 2.24) is 10.6 Å². The predicted molar refractivity (Wildman–Crippen MR) is 138 cm³/mol. The summed E-state index contributed by atoms with van der Waals surface area (Å²) in [6, 6.07) is 0.0715. The van der Waals surface area contributed by atoms with Crippen molar-refractivity contribution >= 4 is 17.8 Å². The maximum absolute atomic E-state index is 12.5. The Bertz CT molecular complexity index is 999. The van der Waals surface area contributed by atoms with Crippen LogP contribution in [0, 0.1) is 34.5 Å². The van der Waals surface area contributed by atoms with E-state index in [0.29, 0.717) is 18.8 Å². The molecule has 0 saturated heterocycles. The van der Waals surface area contributed by atoms with E-state index in [2.05, 4.69) is 17.6 Å². The molecule has 5 aliphatic rings. The van der Waals surface area contributed by atoms with Gasteiger partial charge in [0.25, 0.3) is 0 Å². The van der Waals surface area contributed by atoms with Gasteiger partial charge in [0.05, 0.1) is 18.3 Å². The Labute approximate surface area is 224 Å². The van der Waals surface area contributed by atoms with Crippen LogP contribution >= 0.6 is 0 Å². The molecule has 0 radical (unpaired) electrons. The average molecular weight is 533 g/mol. The van der Waals surface area contributed by atoms with Gasteiger partial charge in [-0.1, -0.05) is 13.8 Å². The van der Waals surface area contributed by atoms with Crippen molar-refractivity contribution < 1.29 is 34.4 Å². The number of amides is 2. The van der Waals surface area contributed by atoms with E-state index < -0.39 is 17.1 Å². The summed E-state index contributed by atoms with van der Waals surface area (Å²) in [5.41, 5.74) is -0.794. The Kier molecular flexibility index (Phi) is 7.41. The molecule has 212 valence electrons. The van der Waals surface area contributed by atoms with Crippen LogP contribution in [0.25, 0.3) is 0 Å². The minimum absolute atomic E-state index is 0.0177. The highest BCUT2D eigenvalue weighted by molar-refractivity contribution is 5.85. The van der Waals surface area contributed by atoms with E-state index in [-0.39, 0.29) is 79.6 Å². The highest BCUT2D eigenvalue weighted by atomic mass is 16.5. The molecule has 4 aliphatic carbocycles. The highest BCUT2D eigenvalue weighted by Gasteiger charge is 2.70. The minimum Gasteiger partial charge on any atom is -0.458 e. The van der Waals surface area contributed by atoms with Crippen LogP contribution in [0.3, 0.4) is 0 Å². The van der Waals surface area contributed by atoms with Crippen molar-refractivity contribution in [3.63, 3.8) is 0 Å². The molecule has 0 spiro atoms. The molecule has 9 nitrogen and oxygen atoms in total. The Morgan fingerprint density at radius 3 is 2.53 bits per heavy atom. The van der Waals surface area contributed by atoms with Crippen LogP contribution in [0.1, 0.15) is 78.1 Å². The summed E-state index contributed by atoms with van der Waals surface area (Å²) in [5, 5.41) is 38.5. The molecular formula is C29H44N2O7. The number of aliphatic hydroxyl groups is 3. The van der Waals surface area contributed by atoms with E-state index in [1.807, 2.05) is 6.92 Å². The molecule has 5 N–H and O–H groups in total. The van der Waals surface area contributed by atoms with Gasteiger partial charge in [0.2, 0.25) is 11.8 Å². The molecule has 0 aromatic carbocycles. The van der Waals surface area contributed by atoms with Crippen LogP contribution in [0.2, 0.25) is 0 Å². The van der Waals surface area contributed by atoms with Gasteiger partial charge in [0.1, 0.15) is 6.61 Å². The lowest BCUT2D eigenvalue weighted by molar-refractivity contribution is -0.243. The van der Waals surface area contributed by atoms with Gasteiger partial charge in [0, 0.05) is 36.9 Å². The second-order valence-electron chi connectivity index (χ2n) is 13.0. The fourth-order valence-corrected chi connectivity index (χ4v) is 9.33. The van der Waals surface area contributed by atoms with Gasteiger partial charge in [-0.3, -0.25) is 9.59 Å². The summed E-state index contributed by atoms with van der Waals surface area (Å²) in [6.45, 7) is 4.69. The van der Waals surface area contributed by atoms with Crippen molar-refractivity contribution in [3.05, 3.63) is 11.6 Å². The molecule has 1 unspecified atom stereocenters. The monoisotopic (exact) mass is 532 g/mol. The molecule has 9 atom stereocenters. The summed E-state index contributed by atoms with van der Waals surface area (Å²) < 4.78 is 5.19. The molecule has 0 bridgehead atoms. The number of ether oxygens (including phenoxy) is 1. The number of esters is 1. The maximum atomic E-state index is 12.5. The molecule has 4 saturated carbocycles. The second kappa shape index (κ2) is 10.2. The zero-order valence-corrected chi connectivity index (χ0v) is 22.7. The van der Waals surface area contributed by atoms with E-state index >= 15 is 0 Å². The molecule has 2 amide bonds. The summed E-state index contributed by atoms with van der Waals surface area (Å²) in [7, 11) is 0. The van der Waals surface area contributed by atoms with Crippen molar-refractivity contribution in [2.75, 3.05) is 19.8 Å². The van der Waals surface area contributed by atoms with Gasteiger partial charge >= 0.3 is 5.97 Å². The first-order chi connectivity index (χ1) is 18.0. The number of cyclic esters (lactones) is 1. The third kappa shape index (κ3) is 4.38. The Hall–Kier alpha value is -1.97. The molecule has 0 aromatic rings. The normalized spacial score (nSPS) is 43.8. The Morgan fingerprint density at radius 1 is 1.05 bits per heavy atom. The number of carbonyl (C=O) groups is 3. The lowest BCUT2D eigenvalue weighted by atomic mass is 9.42. The Morgan fingerprint density at radius 2 is 1.82 bits per heavy atom. The minimum atomic E-state index is -0.984. The third-order valence-electron chi connectivity index (χ3n) is 11.5. The average Bonchev–Trinajstić information content (AvgIpc) is 3.43. The first-order valence-corrected chi connectivity index (χ1v) is 14.5. The number of hydrogen-bond acceptors (Lipinski definition) is 7. The lowest BCUT2D eigenvalue weighted by Gasteiger charge is -2.65. The molecule has 1 heterocycles. The molecule has 5 rings (SSSR count). The van der Waals surface area contributed by atoms with Crippen LogP contribution in [0.4, 0.5) is 0 Å². The van der Waals surface area contributed by atoms with Crippen molar-refractivity contribution in [3.8, 4) is 0 Å². The number of rotatable bonds is 7. The fourth-order valence-electron chi connectivity index (χ4n) is 9.33. The first-order valence-electron chi connectivity index (χ1n) is 14.5. The van der Waals surface area contributed by atoms with Gasteiger partial charge in [-0.05, 0) is 86.0 Å². The highest BCUT2D eigenvalue weighted by Crippen LogP contribution is 2.69. The lowest BCUT2D eigenvalue weighted by Crippen LogP contribution is -2.67. The molecule has 38 heavy (non-hydrogen) atoms. The van der Waals surface area contributed by atoms with E-state index in [1.165, 1.54) is 0 Å². The number of carbonyl (C=O) groups excluding carboxylic acids is 3. The summed E-state index contributed by atoms with van der Waals surface area (Å²) in [5.74, 6) is -0.0373. The molecule has 0 aromatic heterocycles. The van der Waals surface area contributed by atoms with E-state index in [4.69, 9.17) is 9.84 Å². The quantitative estimate of drug-likeness (QED) is 0.313. The van der Waals surface area contributed by atoms with Gasteiger partial charge in [-0.15, -0.1) is 0 Å². The van der Waals surface area contributed by atoms with Crippen LogP contribution in [-0.4, -0.2) is 70.6 Å². The molecular weight excluding hydrogens is 488 g/mol. The molecule has 4 fully saturated rings. The smallest absolute Gasteiger partial charge is 0.331 e. The number of nitrogens with one attached hydrogen (secondary N) is 2. The standard InChI is InChI=1S/C29H44N2O7/c1-27-9-7-19(31-25(35)6-5-24(34)30-11-12-32)14-18(27)3-4-21-22(27)15-23(33)28(2)20(8-10-29(21,28)37)17-13-26(36)38-16-17/h13,18-23,32-33,37H,3-12,14-16H2,1-2H3,(H,30,34)(H,31,35)/t18-,19?,20-,21-,22+,23-,27+,28+,29+/m1/s1. The van der Waals surface area contributed by atoms with Crippen molar-refractivity contribution in [2.45, 2.75) is 95.8 Å². The molecule has 1 aliphatic heterocycles. The van der Waals surface area contributed by atoms with Crippen LogP contribution in [-0.2, 0) is 19.1 Å². The van der Waals surface area contributed by atoms with Crippen molar-refractivity contribution in [1.29, 1.82) is 0 Å². The van der Waals surface area contributed by atoms with Crippen molar-refractivity contribution in [2.24, 2.45) is 34.5 Å². The van der Waals surface area contributed by atoms with E-state index in [0.717, 1.165) is 44.1 Å². The van der Waals surface area contributed by atoms with Crippen LogP contribution < -0.4 is 10.6 Å². The second-order valence-corrected chi connectivity index (χ2v) is 13.0. The predicted octanol–water partition coefficient (Wildman–Crippen LogP) is 1.59. The number of aliphatic hydroxyl groups excluding tert-OH is 2.